The van der Waals surface area contributed by atoms with Crippen molar-refractivity contribution in [2.24, 2.45) is 5.10 Å². The molecule has 4 nitrogen and oxygen atoms in total. The molecule has 22 heavy (non-hydrogen) atoms. The minimum atomic E-state index is 0.809. The van der Waals surface area contributed by atoms with Crippen LogP contribution in [0.25, 0.3) is 0 Å². The maximum absolute atomic E-state index is 5.40. The molecule has 114 valence electrons. The maximum atomic E-state index is 5.40. The van der Waals surface area contributed by atoms with Gasteiger partial charge in [-0.2, -0.15) is 5.10 Å². The zero-order chi connectivity index (χ0) is 15.2. The molecule has 1 N–H and O–H groups in total. The van der Waals surface area contributed by atoms with E-state index in [9.17, 15) is 0 Å². The number of hydrogen-bond donors (Lipinski definition) is 1. The van der Waals surface area contributed by atoms with Crippen LogP contribution in [0.4, 0.5) is 11.4 Å². The van der Waals surface area contributed by atoms with Gasteiger partial charge >= 0.3 is 0 Å². The van der Waals surface area contributed by atoms with E-state index in [2.05, 4.69) is 40.5 Å². The van der Waals surface area contributed by atoms with Crippen molar-refractivity contribution in [3.8, 4) is 0 Å². The summed E-state index contributed by atoms with van der Waals surface area (Å²) in [6.45, 7) is 5.66. The summed E-state index contributed by atoms with van der Waals surface area (Å²) < 4.78 is 5.40. The topological polar surface area (TPSA) is 36.9 Å². The van der Waals surface area contributed by atoms with Crippen LogP contribution in [-0.2, 0) is 4.74 Å². The second kappa shape index (κ2) is 7.09. The summed E-state index contributed by atoms with van der Waals surface area (Å²) in [6, 6.07) is 16.4. The van der Waals surface area contributed by atoms with Gasteiger partial charge in [0, 0.05) is 18.8 Å². The largest absolute Gasteiger partial charge is 0.378 e. The molecule has 0 atom stereocenters. The van der Waals surface area contributed by atoms with E-state index in [1.54, 1.807) is 0 Å². The van der Waals surface area contributed by atoms with Gasteiger partial charge in [0.05, 0.1) is 25.1 Å². The van der Waals surface area contributed by atoms with Crippen LogP contribution in [0.1, 0.15) is 11.1 Å². The third-order valence-corrected chi connectivity index (χ3v) is 3.80. The van der Waals surface area contributed by atoms with Gasteiger partial charge in [0.25, 0.3) is 0 Å². The molecule has 1 heterocycles. The molecule has 2 aromatic rings. The lowest BCUT2D eigenvalue weighted by Gasteiger charge is -2.29. The van der Waals surface area contributed by atoms with Crippen molar-refractivity contribution in [1.29, 1.82) is 0 Å². The summed E-state index contributed by atoms with van der Waals surface area (Å²) in [5, 5.41) is 4.31. The Labute approximate surface area is 131 Å². The highest BCUT2D eigenvalue weighted by Gasteiger charge is 2.11. The molecule has 1 aliphatic heterocycles. The lowest BCUT2D eigenvalue weighted by Crippen LogP contribution is -2.36. The summed E-state index contributed by atoms with van der Waals surface area (Å²) in [7, 11) is 0. The number of aryl methyl sites for hydroxylation is 1. The van der Waals surface area contributed by atoms with Crippen LogP contribution in [0.15, 0.2) is 53.6 Å². The van der Waals surface area contributed by atoms with Gasteiger partial charge < -0.3 is 9.64 Å². The quantitative estimate of drug-likeness (QED) is 0.695. The molecule has 1 aliphatic rings. The molecule has 0 unspecified atom stereocenters. The number of ether oxygens (including phenoxy) is 1. The molecule has 4 heteroatoms. The lowest BCUT2D eigenvalue weighted by molar-refractivity contribution is 0.122. The van der Waals surface area contributed by atoms with E-state index >= 15 is 0 Å². The van der Waals surface area contributed by atoms with E-state index in [0.29, 0.717) is 0 Å². The van der Waals surface area contributed by atoms with Gasteiger partial charge in [0.2, 0.25) is 0 Å². The van der Waals surface area contributed by atoms with Crippen molar-refractivity contribution in [2.75, 3.05) is 36.6 Å². The first-order chi connectivity index (χ1) is 10.8. The van der Waals surface area contributed by atoms with Crippen molar-refractivity contribution in [2.45, 2.75) is 6.92 Å². The highest BCUT2D eigenvalue weighted by molar-refractivity contribution is 5.83. The number of benzene rings is 2. The van der Waals surface area contributed by atoms with Crippen molar-refractivity contribution >= 4 is 17.6 Å². The van der Waals surface area contributed by atoms with E-state index in [-0.39, 0.29) is 0 Å². The van der Waals surface area contributed by atoms with Gasteiger partial charge in [0.15, 0.2) is 0 Å². The van der Waals surface area contributed by atoms with Crippen LogP contribution in [0.2, 0.25) is 0 Å². The SMILES string of the molecule is Cc1cc(N2CCOCC2)ccc1C=NNc1ccccc1. The summed E-state index contributed by atoms with van der Waals surface area (Å²) >= 11 is 0. The van der Waals surface area contributed by atoms with Gasteiger partial charge in [-0.05, 0) is 42.3 Å². The predicted octanol–water partition coefficient (Wildman–Crippen LogP) is 3.28. The van der Waals surface area contributed by atoms with Crippen LogP contribution in [0, 0.1) is 6.92 Å². The van der Waals surface area contributed by atoms with Gasteiger partial charge in [-0.1, -0.05) is 24.3 Å². The number of morpholine rings is 1. The highest BCUT2D eigenvalue weighted by Crippen LogP contribution is 2.19. The number of para-hydroxylation sites is 1. The monoisotopic (exact) mass is 295 g/mol. The molecule has 0 radical (unpaired) electrons. The summed E-state index contributed by atoms with van der Waals surface area (Å²) in [6.07, 6.45) is 1.87. The number of anilines is 2. The Morgan fingerprint density at radius 3 is 2.59 bits per heavy atom. The fourth-order valence-electron chi connectivity index (χ4n) is 2.51. The number of hydrazone groups is 1. The van der Waals surface area contributed by atoms with Crippen molar-refractivity contribution < 1.29 is 4.74 Å². The van der Waals surface area contributed by atoms with Crippen LogP contribution < -0.4 is 10.3 Å². The minimum absolute atomic E-state index is 0.809. The lowest BCUT2D eigenvalue weighted by atomic mass is 10.1. The first-order valence-electron chi connectivity index (χ1n) is 7.60. The average molecular weight is 295 g/mol. The summed E-state index contributed by atoms with van der Waals surface area (Å²) in [5.41, 5.74) is 7.64. The third-order valence-electron chi connectivity index (χ3n) is 3.80. The van der Waals surface area contributed by atoms with E-state index in [4.69, 9.17) is 4.74 Å². The smallest absolute Gasteiger partial charge is 0.0642 e. The summed E-state index contributed by atoms with van der Waals surface area (Å²) in [4.78, 5) is 2.36. The average Bonchev–Trinajstić information content (AvgIpc) is 2.58. The predicted molar refractivity (Wildman–Crippen MR) is 91.9 cm³/mol. The second-order valence-corrected chi connectivity index (χ2v) is 5.38. The molecule has 0 saturated carbocycles. The summed E-state index contributed by atoms with van der Waals surface area (Å²) in [5.74, 6) is 0. The Morgan fingerprint density at radius 2 is 1.86 bits per heavy atom. The normalized spacial score (nSPS) is 15.2. The van der Waals surface area contributed by atoms with Gasteiger partial charge in [-0.15, -0.1) is 0 Å². The Kier molecular flexibility index (Phi) is 4.71. The number of nitrogens with zero attached hydrogens (tertiary/aromatic N) is 2. The molecule has 1 saturated heterocycles. The zero-order valence-corrected chi connectivity index (χ0v) is 12.8. The second-order valence-electron chi connectivity index (χ2n) is 5.38. The van der Waals surface area contributed by atoms with Gasteiger partial charge in [-0.3, -0.25) is 5.43 Å². The van der Waals surface area contributed by atoms with E-state index < -0.39 is 0 Å². The molecular weight excluding hydrogens is 274 g/mol. The Morgan fingerprint density at radius 1 is 1.09 bits per heavy atom. The molecule has 0 bridgehead atoms. The fourth-order valence-corrected chi connectivity index (χ4v) is 2.51. The first kappa shape index (κ1) is 14.6. The Hall–Kier alpha value is -2.33. The minimum Gasteiger partial charge on any atom is -0.378 e. The number of nitrogens with one attached hydrogen (secondary N) is 1. The first-order valence-corrected chi connectivity index (χ1v) is 7.60. The molecular formula is C18H21N3O. The van der Waals surface area contributed by atoms with Crippen molar-refractivity contribution in [3.05, 3.63) is 59.7 Å². The zero-order valence-electron chi connectivity index (χ0n) is 12.8. The van der Waals surface area contributed by atoms with E-state index in [1.165, 1.54) is 11.3 Å². The molecule has 0 amide bonds. The van der Waals surface area contributed by atoms with Crippen LogP contribution in [-0.4, -0.2) is 32.5 Å². The van der Waals surface area contributed by atoms with Crippen molar-refractivity contribution in [1.82, 2.24) is 0 Å². The standard InChI is InChI=1S/C18H21N3O/c1-15-13-18(21-9-11-22-12-10-21)8-7-16(15)14-19-20-17-5-3-2-4-6-17/h2-8,13-14,20H,9-12H2,1H3. The Balaban J connectivity index is 1.66. The van der Waals surface area contributed by atoms with E-state index in [1.807, 2.05) is 36.5 Å². The van der Waals surface area contributed by atoms with Gasteiger partial charge in [-0.25, -0.2) is 0 Å². The molecule has 0 spiro atoms. The number of hydrogen-bond acceptors (Lipinski definition) is 4. The van der Waals surface area contributed by atoms with Crippen molar-refractivity contribution in [3.63, 3.8) is 0 Å². The number of rotatable bonds is 4. The van der Waals surface area contributed by atoms with Crippen LogP contribution >= 0.6 is 0 Å². The molecule has 3 rings (SSSR count). The Bertz CT molecular complexity index is 634. The maximum Gasteiger partial charge on any atom is 0.0642 e. The third kappa shape index (κ3) is 3.65. The van der Waals surface area contributed by atoms with Crippen LogP contribution in [0.5, 0.6) is 0 Å². The van der Waals surface area contributed by atoms with Gasteiger partial charge in [0.1, 0.15) is 0 Å². The highest BCUT2D eigenvalue weighted by atomic mass is 16.5. The van der Waals surface area contributed by atoms with E-state index in [0.717, 1.165) is 37.6 Å². The fraction of sp³-hybridized carbons (Fsp3) is 0.278. The molecule has 1 fully saturated rings. The molecule has 0 aromatic heterocycles. The van der Waals surface area contributed by atoms with Crippen LogP contribution in [0.3, 0.4) is 0 Å². The molecule has 0 aliphatic carbocycles. The molecule has 2 aromatic carbocycles.